The van der Waals surface area contributed by atoms with Crippen LogP contribution in [-0.4, -0.2) is 15.9 Å². The summed E-state index contributed by atoms with van der Waals surface area (Å²) < 4.78 is 5.71. The van der Waals surface area contributed by atoms with E-state index < -0.39 is 0 Å². The van der Waals surface area contributed by atoms with Crippen molar-refractivity contribution in [3.05, 3.63) is 82.1 Å². The molecule has 132 valence electrons. The number of hydrogen-bond donors (Lipinski definition) is 1. The van der Waals surface area contributed by atoms with Crippen LogP contribution in [0.3, 0.4) is 0 Å². The Labute approximate surface area is 156 Å². The van der Waals surface area contributed by atoms with Crippen LogP contribution in [0.2, 0.25) is 0 Å². The van der Waals surface area contributed by atoms with Crippen LogP contribution in [0.4, 0.5) is 0 Å². The van der Waals surface area contributed by atoms with Crippen LogP contribution in [0, 0.1) is 6.92 Å². The number of benzene rings is 1. The third-order valence-electron chi connectivity index (χ3n) is 3.55. The molecule has 0 aliphatic rings. The highest BCUT2D eigenvalue weighted by Gasteiger charge is 2.00. The number of rotatable bonds is 7. The number of thiazole rings is 1. The molecule has 2 heterocycles. The molecule has 1 aromatic carbocycles. The van der Waals surface area contributed by atoms with Crippen LogP contribution < -0.4 is 10.1 Å². The van der Waals surface area contributed by atoms with Gasteiger partial charge in [0.1, 0.15) is 12.4 Å². The SMILES string of the molecule is Cc1nc(COc2ccc(/C=C/C(=O)NCc3cccnc3)cc2)cs1. The molecule has 1 amide bonds. The van der Waals surface area contributed by atoms with Crippen molar-refractivity contribution in [3.63, 3.8) is 0 Å². The first-order valence-electron chi connectivity index (χ1n) is 8.18. The molecule has 0 saturated carbocycles. The third kappa shape index (κ3) is 5.53. The summed E-state index contributed by atoms with van der Waals surface area (Å²) in [5, 5.41) is 5.85. The maximum Gasteiger partial charge on any atom is 0.244 e. The van der Waals surface area contributed by atoms with Gasteiger partial charge in [-0.1, -0.05) is 18.2 Å². The molecule has 2 aromatic heterocycles. The summed E-state index contributed by atoms with van der Waals surface area (Å²) in [5.41, 5.74) is 2.83. The molecule has 0 aliphatic carbocycles. The van der Waals surface area contributed by atoms with E-state index in [0.717, 1.165) is 27.6 Å². The first-order valence-corrected chi connectivity index (χ1v) is 9.06. The summed E-state index contributed by atoms with van der Waals surface area (Å²) in [6.07, 6.45) is 6.72. The minimum Gasteiger partial charge on any atom is -0.487 e. The third-order valence-corrected chi connectivity index (χ3v) is 4.37. The largest absolute Gasteiger partial charge is 0.487 e. The molecule has 26 heavy (non-hydrogen) atoms. The second-order valence-electron chi connectivity index (χ2n) is 5.63. The van der Waals surface area contributed by atoms with E-state index in [-0.39, 0.29) is 5.91 Å². The molecule has 5 nitrogen and oxygen atoms in total. The van der Waals surface area contributed by atoms with Crippen molar-refractivity contribution in [3.8, 4) is 5.75 Å². The molecule has 3 aromatic rings. The zero-order valence-corrected chi connectivity index (χ0v) is 15.2. The number of aromatic nitrogens is 2. The lowest BCUT2D eigenvalue weighted by Crippen LogP contribution is -2.20. The van der Waals surface area contributed by atoms with Gasteiger partial charge >= 0.3 is 0 Å². The van der Waals surface area contributed by atoms with Crippen molar-refractivity contribution >= 4 is 23.3 Å². The normalized spacial score (nSPS) is 10.8. The van der Waals surface area contributed by atoms with E-state index in [1.165, 1.54) is 6.08 Å². The Hall–Kier alpha value is -2.99. The quantitative estimate of drug-likeness (QED) is 0.648. The van der Waals surface area contributed by atoms with Crippen molar-refractivity contribution in [2.24, 2.45) is 0 Å². The van der Waals surface area contributed by atoms with E-state index in [2.05, 4.69) is 15.3 Å². The summed E-state index contributed by atoms with van der Waals surface area (Å²) in [7, 11) is 0. The molecule has 0 atom stereocenters. The molecule has 1 N–H and O–H groups in total. The minimum atomic E-state index is -0.145. The average molecular weight is 365 g/mol. The van der Waals surface area contributed by atoms with Crippen LogP contribution in [0.25, 0.3) is 6.08 Å². The fraction of sp³-hybridized carbons (Fsp3) is 0.150. The minimum absolute atomic E-state index is 0.145. The van der Waals surface area contributed by atoms with Crippen molar-refractivity contribution in [2.45, 2.75) is 20.1 Å². The van der Waals surface area contributed by atoms with Crippen molar-refractivity contribution in [1.82, 2.24) is 15.3 Å². The van der Waals surface area contributed by atoms with Crippen molar-refractivity contribution in [2.75, 3.05) is 0 Å². The topological polar surface area (TPSA) is 64.1 Å². The Kier molecular flexibility index (Phi) is 6.11. The molecule has 3 rings (SSSR count). The van der Waals surface area contributed by atoms with Gasteiger partial charge in [0.15, 0.2) is 0 Å². The number of nitrogens with one attached hydrogen (secondary N) is 1. The molecule has 0 unspecified atom stereocenters. The fourth-order valence-electron chi connectivity index (χ4n) is 2.23. The standard InChI is InChI=1S/C20H19N3O2S/c1-15-23-18(14-26-15)13-25-19-7-4-16(5-8-19)6-9-20(24)22-12-17-3-2-10-21-11-17/h2-11,14H,12-13H2,1H3,(H,22,24)/b9-6+. The van der Waals surface area contributed by atoms with Gasteiger partial charge in [-0.2, -0.15) is 0 Å². The maximum absolute atomic E-state index is 11.9. The molecular formula is C20H19N3O2S. The van der Waals surface area contributed by atoms with E-state index in [1.54, 1.807) is 29.8 Å². The van der Waals surface area contributed by atoms with Crippen LogP contribution in [-0.2, 0) is 17.9 Å². The van der Waals surface area contributed by atoms with Gasteiger partial charge in [0.25, 0.3) is 0 Å². The zero-order chi connectivity index (χ0) is 18.2. The van der Waals surface area contributed by atoms with Gasteiger partial charge < -0.3 is 10.1 Å². The highest BCUT2D eigenvalue weighted by atomic mass is 32.1. The van der Waals surface area contributed by atoms with Crippen molar-refractivity contribution in [1.29, 1.82) is 0 Å². The number of nitrogens with zero attached hydrogens (tertiary/aromatic N) is 2. The molecule has 0 radical (unpaired) electrons. The lowest BCUT2D eigenvalue weighted by molar-refractivity contribution is -0.116. The van der Waals surface area contributed by atoms with Crippen LogP contribution >= 0.6 is 11.3 Å². The summed E-state index contributed by atoms with van der Waals surface area (Å²) in [4.78, 5) is 20.2. The lowest BCUT2D eigenvalue weighted by atomic mass is 10.2. The van der Waals surface area contributed by atoms with Gasteiger partial charge in [0.2, 0.25) is 5.91 Å². The highest BCUT2D eigenvalue weighted by Crippen LogP contribution is 2.16. The summed E-state index contributed by atoms with van der Waals surface area (Å²) in [6, 6.07) is 11.3. The molecule has 0 aliphatic heterocycles. The van der Waals surface area contributed by atoms with E-state index >= 15 is 0 Å². The molecule has 0 spiro atoms. The highest BCUT2D eigenvalue weighted by molar-refractivity contribution is 7.09. The van der Waals surface area contributed by atoms with Crippen LogP contribution in [0.5, 0.6) is 5.75 Å². The predicted octanol–water partition coefficient (Wildman–Crippen LogP) is 3.76. The molecule has 6 heteroatoms. The number of carbonyl (C=O) groups is 1. The smallest absolute Gasteiger partial charge is 0.244 e. The van der Waals surface area contributed by atoms with Crippen LogP contribution in [0.1, 0.15) is 21.8 Å². The number of carbonyl (C=O) groups excluding carboxylic acids is 1. The number of pyridine rings is 1. The first kappa shape index (κ1) is 17.8. The van der Waals surface area contributed by atoms with Gasteiger partial charge in [0, 0.05) is 30.4 Å². The predicted molar refractivity (Wildman–Crippen MR) is 103 cm³/mol. The number of amides is 1. The second kappa shape index (κ2) is 8.92. The average Bonchev–Trinajstić information content (AvgIpc) is 3.10. The van der Waals surface area contributed by atoms with Gasteiger partial charge in [-0.25, -0.2) is 4.98 Å². The number of aryl methyl sites for hydroxylation is 1. The van der Waals surface area contributed by atoms with E-state index in [4.69, 9.17) is 4.74 Å². The van der Waals surface area contributed by atoms with Crippen LogP contribution in [0.15, 0.2) is 60.2 Å². The lowest BCUT2D eigenvalue weighted by Gasteiger charge is -2.04. The molecule has 0 saturated heterocycles. The molecular weight excluding hydrogens is 346 g/mol. The maximum atomic E-state index is 11.9. The van der Waals surface area contributed by atoms with E-state index in [9.17, 15) is 4.79 Å². The van der Waals surface area contributed by atoms with Gasteiger partial charge in [0.05, 0.1) is 10.7 Å². The van der Waals surface area contributed by atoms with Gasteiger partial charge in [-0.05, 0) is 42.3 Å². The number of hydrogen-bond acceptors (Lipinski definition) is 5. The molecule has 0 fully saturated rings. The number of ether oxygens (including phenoxy) is 1. The Morgan fingerprint density at radius 1 is 1.27 bits per heavy atom. The molecule has 0 bridgehead atoms. The Bertz CT molecular complexity index is 874. The van der Waals surface area contributed by atoms with Crippen molar-refractivity contribution < 1.29 is 9.53 Å². The second-order valence-corrected chi connectivity index (χ2v) is 6.69. The Morgan fingerprint density at radius 2 is 2.12 bits per heavy atom. The van der Waals surface area contributed by atoms with Gasteiger partial charge in [-0.3, -0.25) is 9.78 Å². The Morgan fingerprint density at radius 3 is 2.81 bits per heavy atom. The summed E-state index contributed by atoms with van der Waals surface area (Å²) in [6.45, 7) is 2.89. The monoisotopic (exact) mass is 365 g/mol. The van der Waals surface area contributed by atoms with E-state index in [0.29, 0.717) is 13.2 Å². The van der Waals surface area contributed by atoms with E-state index in [1.807, 2.05) is 48.7 Å². The van der Waals surface area contributed by atoms with Gasteiger partial charge in [-0.15, -0.1) is 11.3 Å². The fourth-order valence-corrected chi connectivity index (χ4v) is 2.83. The zero-order valence-electron chi connectivity index (χ0n) is 14.4. The first-order chi connectivity index (χ1) is 12.7. The summed E-state index contributed by atoms with van der Waals surface area (Å²) in [5.74, 6) is 0.627. The summed E-state index contributed by atoms with van der Waals surface area (Å²) >= 11 is 1.61. The Balaban J connectivity index is 1.47.